The molecule has 0 saturated heterocycles. The molecule has 1 aliphatic rings. The van der Waals surface area contributed by atoms with Crippen LogP contribution >= 0.6 is 24.8 Å². The lowest BCUT2D eigenvalue weighted by Crippen LogP contribution is -2.33. The predicted octanol–water partition coefficient (Wildman–Crippen LogP) is 5.63. The number of benzene rings is 1. The highest BCUT2D eigenvalue weighted by atomic mass is 35.5. The van der Waals surface area contributed by atoms with Crippen molar-refractivity contribution in [2.75, 3.05) is 17.2 Å². The summed E-state index contributed by atoms with van der Waals surface area (Å²) in [5.74, 6) is 0.890. The van der Waals surface area contributed by atoms with Gasteiger partial charge in [0.25, 0.3) is 0 Å². The van der Waals surface area contributed by atoms with Gasteiger partial charge in [-0.05, 0) is 69.7 Å². The second-order valence-electron chi connectivity index (χ2n) is 8.87. The average molecular weight is 539 g/mol. The Hall–Kier alpha value is -2.62. The molecular weight excluding hydrogens is 501 g/mol. The molecule has 4 N–H and O–H groups in total. The van der Waals surface area contributed by atoms with Crippen LogP contribution in [0.25, 0.3) is 11.2 Å². The summed E-state index contributed by atoms with van der Waals surface area (Å²) in [4.78, 5) is 26.3. The number of imidazole rings is 1. The maximum absolute atomic E-state index is 12.0. The number of aromatic nitrogens is 4. The topological polar surface area (TPSA) is 120 Å². The fraction of sp³-hybridized carbons (Fsp3) is 0.520. The van der Waals surface area contributed by atoms with Gasteiger partial charge in [-0.2, -0.15) is 9.97 Å². The maximum Gasteiger partial charge on any atom is 0.338 e. The molecule has 9 nitrogen and oxygen atoms in total. The van der Waals surface area contributed by atoms with E-state index in [4.69, 9.17) is 20.4 Å². The summed E-state index contributed by atoms with van der Waals surface area (Å²) in [5.41, 5.74) is 8.93. The van der Waals surface area contributed by atoms with E-state index >= 15 is 0 Å². The van der Waals surface area contributed by atoms with Crippen molar-refractivity contribution in [2.24, 2.45) is 5.73 Å². The van der Waals surface area contributed by atoms with Crippen LogP contribution in [0.2, 0.25) is 0 Å². The molecule has 0 bridgehead atoms. The molecule has 0 spiro atoms. The van der Waals surface area contributed by atoms with Gasteiger partial charge in [0.05, 0.1) is 18.5 Å². The summed E-state index contributed by atoms with van der Waals surface area (Å²) in [6, 6.07) is 8.07. The fourth-order valence-electron chi connectivity index (χ4n) is 4.50. The normalized spacial score (nSPS) is 17.2. The SMILES string of the molecule is CCOC(=O)c1ccc(Nc2nc(NC3CCC(N)CC3)nc3c2ncn3C(CC)CC)cc1.Cl.Cl. The number of fused-ring (bicyclic) bond motifs is 1. The Labute approximate surface area is 224 Å². The van der Waals surface area contributed by atoms with Gasteiger partial charge >= 0.3 is 5.97 Å². The predicted molar refractivity (Wildman–Crippen MR) is 149 cm³/mol. The van der Waals surface area contributed by atoms with Crippen LogP contribution in [0.1, 0.15) is 75.7 Å². The van der Waals surface area contributed by atoms with E-state index < -0.39 is 0 Å². The van der Waals surface area contributed by atoms with Crippen LogP contribution in [0.3, 0.4) is 0 Å². The zero-order chi connectivity index (χ0) is 24.1. The number of hydrogen-bond donors (Lipinski definition) is 3. The van der Waals surface area contributed by atoms with Gasteiger partial charge in [-0.25, -0.2) is 9.78 Å². The minimum atomic E-state index is -0.332. The number of rotatable bonds is 9. The van der Waals surface area contributed by atoms with Crippen LogP contribution in [0.5, 0.6) is 0 Å². The summed E-state index contributed by atoms with van der Waals surface area (Å²) in [6.45, 7) is 6.49. The number of ether oxygens (including phenoxy) is 1. The minimum Gasteiger partial charge on any atom is -0.462 e. The molecule has 2 aromatic heterocycles. The first kappa shape index (κ1) is 29.6. The van der Waals surface area contributed by atoms with Gasteiger partial charge in [-0.15, -0.1) is 24.8 Å². The Kier molecular flexibility index (Phi) is 11.2. The van der Waals surface area contributed by atoms with Gasteiger partial charge in [-0.3, -0.25) is 0 Å². The molecule has 36 heavy (non-hydrogen) atoms. The summed E-state index contributed by atoms with van der Waals surface area (Å²) in [6.07, 6.45) is 7.86. The van der Waals surface area contributed by atoms with E-state index in [9.17, 15) is 4.79 Å². The van der Waals surface area contributed by atoms with Crippen LogP contribution < -0.4 is 16.4 Å². The molecule has 0 amide bonds. The molecule has 1 saturated carbocycles. The number of nitrogens with zero attached hydrogens (tertiary/aromatic N) is 4. The molecule has 0 aliphatic heterocycles. The van der Waals surface area contributed by atoms with Crippen LogP contribution in [-0.2, 0) is 4.74 Å². The van der Waals surface area contributed by atoms with Crippen molar-refractivity contribution < 1.29 is 9.53 Å². The van der Waals surface area contributed by atoms with Crippen molar-refractivity contribution in [3.05, 3.63) is 36.2 Å². The molecular formula is C25H37Cl2N7O2. The van der Waals surface area contributed by atoms with Crippen LogP contribution in [0.4, 0.5) is 17.5 Å². The van der Waals surface area contributed by atoms with Gasteiger partial charge < -0.3 is 25.7 Å². The van der Waals surface area contributed by atoms with E-state index in [1.54, 1.807) is 19.1 Å². The van der Waals surface area contributed by atoms with Crippen molar-refractivity contribution in [2.45, 2.75) is 77.4 Å². The monoisotopic (exact) mass is 537 g/mol. The molecule has 1 aliphatic carbocycles. The molecule has 2 heterocycles. The Morgan fingerprint density at radius 1 is 1.08 bits per heavy atom. The summed E-state index contributed by atoms with van der Waals surface area (Å²) < 4.78 is 7.22. The third-order valence-electron chi connectivity index (χ3n) is 6.52. The number of carbonyl (C=O) groups excluding carboxylic acids is 1. The van der Waals surface area contributed by atoms with Crippen molar-refractivity contribution in [1.29, 1.82) is 0 Å². The Balaban J connectivity index is 0.00000228. The minimum absolute atomic E-state index is 0. The molecule has 4 rings (SSSR count). The van der Waals surface area contributed by atoms with E-state index in [1.165, 1.54) is 0 Å². The molecule has 0 unspecified atom stereocenters. The molecule has 0 atom stereocenters. The van der Waals surface area contributed by atoms with E-state index in [-0.39, 0.29) is 36.8 Å². The highest BCUT2D eigenvalue weighted by Gasteiger charge is 2.22. The van der Waals surface area contributed by atoms with Crippen molar-refractivity contribution in [3.63, 3.8) is 0 Å². The summed E-state index contributed by atoms with van der Waals surface area (Å²) in [7, 11) is 0. The molecule has 11 heteroatoms. The third kappa shape index (κ3) is 6.78. The standard InChI is InChI=1S/C25H35N7O2.2ClH/c1-4-20(5-2)32-15-27-21-22(28-18-11-7-16(8-12-18)24(33)34-6-3)30-25(31-23(21)32)29-19-13-9-17(26)10-14-19;;/h7-8,11-12,15,17,19-20H,4-6,9-10,13-14,26H2,1-3H3,(H2,28,29,30,31);2*1H. The highest BCUT2D eigenvalue weighted by molar-refractivity contribution is 5.90. The number of esters is 1. The largest absolute Gasteiger partial charge is 0.462 e. The first-order chi connectivity index (χ1) is 16.5. The fourth-order valence-corrected chi connectivity index (χ4v) is 4.50. The zero-order valence-electron chi connectivity index (χ0n) is 21.1. The number of anilines is 3. The van der Waals surface area contributed by atoms with Crippen LogP contribution in [0.15, 0.2) is 30.6 Å². The molecule has 0 radical (unpaired) electrons. The van der Waals surface area contributed by atoms with Gasteiger partial charge in [0, 0.05) is 23.8 Å². The Bertz CT molecular complexity index is 1110. The maximum atomic E-state index is 12.0. The number of nitrogens with two attached hydrogens (primary N) is 1. The zero-order valence-corrected chi connectivity index (χ0v) is 22.7. The average Bonchev–Trinajstić information content (AvgIpc) is 3.26. The molecule has 1 aromatic carbocycles. The number of hydrogen-bond acceptors (Lipinski definition) is 8. The lowest BCUT2D eigenvalue weighted by molar-refractivity contribution is 0.0526. The second-order valence-corrected chi connectivity index (χ2v) is 8.87. The first-order valence-electron chi connectivity index (χ1n) is 12.3. The number of halogens is 2. The van der Waals surface area contributed by atoms with E-state index in [1.807, 2.05) is 18.5 Å². The van der Waals surface area contributed by atoms with Crippen LogP contribution in [0, 0.1) is 0 Å². The van der Waals surface area contributed by atoms with Gasteiger partial charge in [0.15, 0.2) is 17.0 Å². The van der Waals surface area contributed by atoms with E-state index in [2.05, 4.69) is 34.0 Å². The third-order valence-corrected chi connectivity index (χ3v) is 6.52. The smallest absolute Gasteiger partial charge is 0.338 e. The summed E-state index contributed by atoms with van der Waals surface area (Å²) >= 11 is 0. The molecule has 1 fully saturated rings. The second kappa shape index (κ2) is 13.6. The quantitative estimate of drug-likeness (QED) is 0.300. The van der Waals surface area contributed by atoms with Gasteiger partial charge in [-0.1, -0.05) is 13.8 Å². The molecule has 198 valence electrons. The van der Waals surface area contributed by atoms with E-state index in [0.717, 1.165) is 55.4 Å². The lowest BCUT2D eigenvalue weighted by atomic mass is 9.92. The van der Waals surface area contributed by atoms with Crippen molar-refractivity contribution in [3.8, 4) is 0 Å². The van der Waals surface area contributed by atoms with Gasteiger partial charge in [0.2, 0.25) is 5.95 Å². The van der Waals surface area contributed by atoms with E-state index in [0.29, 0.717) is 36.0 Å². The van der Waals surface area contributed by atoms with Crippen molar-refractivity contribution in [1.82, 2.24) is 19.5 Å². The van der Waals surface area contributed by atoms with Crippen LogP contribution in [-0.4, -0.2) is 44.2 Å². The number of carbonyl (C=O) groups is 1. The number of nitrogens with one attached hydrogen (secondary N) is 2. The lowest BCUT2D eigenvalue weighted by Gasteiger charge is -2.27. The Morgan fingerprint density at radius 2 is 1.75 bits per heavy atom. The first-order valence-corrected chi connectivity index (χ1v) is 12.3. The Morgan fingerprint density at radius 3 is 2.36 bits per heavy atom. The summed E-state index contributed by atoms with van der Waals surface area (Å²) in [5, 5.41) is 6.91. The molecule has 3 aromatic rings. The highest BCUT2D eigenvalue weighted by Crippen LogP contribution is 2.29. The van der Waals surface area contributed by atoms with Crippen molar-refractivity contribution >= 4 is 59.4 Å². The van der Waals surface area contributed by atoms with Gasteiger partial charge in [0.1, 0.15) is 0 Å².